The van der Waals surface area contributed by atoms with Gasteiger partial charge in [-0.3, -0.25) is 0 Å². The summed E-state index contributed by atoms with van der Waals surface area (Å²) in [6, 6.07) is 12.1. The van der Waals surface area contributed by atoms with Gasteiger partial charge < -0.3 is 28.2 Å². The van der Waals surface area contributed by atoms with Crippen molar-refractivity contribution in [2.24, 2.45) is 0 Å². The third-order valence-corrected chi connectivity index (χ3v) is 4.37. The standard InChI is InChI=1S/C21H19NO7/c1-24-15-4-5-16(19(11-15)25-2)21(23)28-12-14-10-18(29-22-14)13-3-6-17-20(9-13)27-8-7-26-17/h3-6,9-11H,7-8,12H2,1-2H3. The Morgan fingerprint density at radius 1 is 1.00 bits per heavy atom. The maximum atomic E-state index is 12.4. The van der Waals surface area contributed by atoms with Crippen LogP contribution in [0.15, 0.2) is 47.0 Å². The molecule has 29 heavy (non-hydrogen) atoms. The Morgan fingerprint density at radius 3 is 2.62 bits per heavy atom. The Balaban J connectivity index is 1.44. The predicted molar refractivity (Wildman–Crippen MR) is 102 cm³/mol. The number of ether oxygens (including phenoxy) is 5. The molecule has 0 fully saturated rings. The van der Waals surface area contributed by atoms with Crippen LogP contribution in [0.5, 0.6) is 23.0 Å². The Kier molecular flexibility index (Phi) is 5.24. The van der Waals surface area contributed by atoms with Crippen molar-refractivity contribution in [1.29, 1.82) is 0 Å². The second-order valence-electron chi connectivity index (χ2n) is 6.18. The second kappa shape index (κ2) is 8.14. The number of nitrogens with zero attached hydrogens (tertiary/aromatic N) is 1. The van der Waals surface area contributed by atoms with Gasteiger partial charge in [-0.05, 0) is 30.3 Å². The number of rotatable bonds is 6. The highest BCUT2D eigenvalue weighted by Gasteiger charge is 2.17. The molecular weight excluding hydrogens is 378 g/mol. The fourth-order valence-corrected chi connectivity index (χ4v) is 2.90. The minimum absolute atomic E-state index is 0.0396. The van der Waals surface area contributed by atoms with Gasteiger partial charge in [0.05, 0.1) is 14.2 Å². The van der Waals surface area contributed by atoms with Crippen LogP contribution < -0.4 is 18.9 Å². The SMILES string of the molecule is COc1ccc(C(=O)OCc2cc(-c3ccc4c(c3)OCCO4)on2)c(OC)c1. The molecule has 0 saturated heterocycles. The van der Waals surface area contributed by atoms with E-state index in [4.69, 9.17) is 28.2 Å². The van der Waals surface area contributed by atoms with Gasteiger partial charge in [0.15, 0.2) is 17.3 Å². The fraction of sp³-hybridized carbons (Fsp3) is 0.238. The van der Waals surface area contributed by atoms with E-state index in [1.165, 1.54) is 14.2 Å². The number of carbonyl (C=O) groups excluding carboxylic acids is 1. The van der Waals surface area contributed by atoms with Gasteiger partial charge in [-0.1, -0.05) is 5.16 Å². The molecule has 0 bridgehead atoms. The molecule has 0 radical (unpaired) electrons. The number of carbonyl (C=O) groups is 1. The lowest BCUT2D eigenvalue weighted by Crippen LogP contribution is -2.15. The average molecular weight is 397 g/mol. The molecular formula is C21H19NO7. The number of benzene rings is 2. The van der Waals surface area contributed by atoms with Crippen LogP contribution in [0.25, 0.3) is 11.3 Å². The van der Waals surface area contributed by atoms with E-state index in [9.17, 15) is 4.79 Å². The number of methoxy groups -OCH3 is 2. The van der Waals surface area contributed by atoms with Gasteiger partial charge in [0, 0.05) is 17.7 Å². The zero-order valence-corrected chi connectivity index (χ0v) is 16.0. The second-order valence-corrected chi connectivity index (χ2v) is 6.18. The Bertz CT molecular complexity index is 1030. The molecule has 0 amide bonds. The molecule has 1 aliphatic rings. The molecule has 8 nitrogen and oxygen atoms in total. The number of hydrogen-bond acceptors (Lipinski definition) is 8. The quantitative estimate of drug-likeness (QED) is 0.584. The van der Waals surface area contributed by atoms with Crippen molar-refractivity contribution in [2.45, 2.75) is 6.61 Å². The van der Waals surface area contributed by atoms with Gasteiger partial charge in [-0.25, -0.2) is 4.79 Å². The minimum Gasteiger partial charge on any atom is -0.497 e. The van der Waals surface area contributed by atoms with Gasteiger partial charge in [0.1, 0.15) is 42.6 Å². The van der Waals surface area contributed by atoms with E-state index in [0.29, 0.717) is 53.2 Å². The molecule has 0 spiro atoms. The molecule has 0 unspecified atom stereocenters. The van der Waals surface area contributed by atoms with Crippen molar-refractivity contribution in [3.8, 4) is 34.3 Å². The van der Waals surface area contributed by atoms with Crippen LogP contribution >= 0.6 is 0 Å². The van der Waals surface area contributed by atoms with E-state index in [2.05, 4.69) is 5.16 Å². The summed E-state index contributed by atoms with van der Waals surface area (Å²) in [7, 11) is 3.01. The van der Waals surface area contributed by atoms with Crippen LogP contribution in [-0.2, 0) is 11.3 Å². The van der Waals surface area contributed by atoms with Crippen molar-refractivity contribution in [1.82, 2.24) is 5.16 Å². The van der Waals surface area contributed by atoms with Crippen molar-refractivity contribution in [2.75, 3.05) is 27.4 Å². The zero-order valence-electron chi connectivity index (χ0n) is 16.0. The molecule has 0 aliphatic carbocycles. The molecule has 1 aliphatic heterocycles. The molecule has 0 saturated carbocycles. The molecule has 3 aromatic rings. The van der Waals surface area contributed by atoms with Crippen LogP contribution in [0.4, 0.5) is 0 Å². The van der Waals surface area contributed by atoms with Crippen LogP contribution in [0.3, 0.4) is 0 Å². The third-order valence-electron chi connectivity index (χ3n) is 4.37. The first-order valence-corrected chi connectivity index (χ1v) is 8.92. The molecule has 0 N–H and O–H groups in total. The summed E-state index contributed by atoms with van der Waals surface area (Å²) in [6.07, 6.45) is 0. The van der Waals surface area contributed by atoms with Crippen LogP contribution in [-0.4, -0.2) is 38.6 Å². The highest BCUT2D eigenvalue weighted by Crippen LogP contribution is 2.34. The van der Waals surface area contributed by atoms with E-state index in [1.807, 2.05) is 18.2 Å². The minimum atomic E-state index is -0.534. The lowest BCUT2D eigenvalue weighted by molar-refractivity contribution is 0.0460. The molecule has 8 heteroatoms. The number of aromatic nitrogens is 1. The highest BCUT2D eigenvalue weighted by atomic mass is 16.6. The first-order valence-electron chi connectivity index (χ1n) is 8.92. The van der Waals surface area contributed by atoms with Gasteiger partial charge in [0.2, 0.25) is 0 Å². The summed E-state index contributed by atoms with van der Waals surface area (Å²) < 4.78 is 32.2. The van der Waals surface area contributed by atoms with Gasteiger partial charge in [-0.15, -0.1) is 0 Å². The molecule has 1 aromatic heterocycles. The third kappa shape index (κ3) is 3.96. The Morgan fingerprint density at radius 2 is 1.83 bits per heavy atom. The number of hydrogen-bond donors (Lipinski definition) is 0. The summed E-state index contributed by atoms with van der Waals surface area (Å²) in [4.78, 5) is 12.4. The van der Waals surface area contributed by atoms with E-state index in [0.717, 1.165) is 5.56 Å². The fourth-order valence-electron chi connectivity index (χ4n) is 2.90. The summed E-state index contributed by atoms with van der Waals surface area (Å²) in [5.74, 6) is 2.31. The van der Waals surface area contributed by atoms with Crippen molar-refractivity contribution < 1.29 is 33.0 Å². The monoisotopic (exact) mass is 397 g/mol. The number of fused-ring (bicyclic) bond motifs is 1. The predicted octanol–water partition coefficient (Wildman–Crippen LogP) is 3.49. The lowest BCUT2D eigenvalue weighted by atomic mass is 10.1. The van der Waals surface area contributed by atoms with Gasteiger partial charge in [0.25, 0.3) is 0 Å². The molecule has 150 valence electrons. The van der Waals surface area contributed by atoms with Crippen molar-refractivity contribution >= 4 is 5.97 Å². The molecule has 2 heterocycles. The normalized spacial score (nSPS) is 12.3. The highest BCUT2D eigenvalue weighted by molar-refractivity contribution is 5.92. The Hall–Kier alpha value is -3.68. The maximum absolute atomic E-state index is 12.4. The summed E-state index contributed by atoms with van der Waals surface area (Å²) in [5, 5.41) is 3.96. The number of esters is 1. The summed E-state index contributed by atoms with van der Waals surface area (Å²) in [6.45, 7) is 0.994. The largest absolute Gasteiger partial charge is 0.497 e. The van der Waals surface area contributed by atoms with E-state index in [-0.39, 0.29) is 6.61 Å². The first-order chi connectivity index (χ1) is 14.2. The Labute approximate surface area is 166 Å². The summed E-state index contributed by atoms with van der Waals surface area (Å²) in [5.41, 5.74) is 1.57. The first kappa shape index (κ1) is 18.7. The van der Waals surface area contributed by atoms with E-state index in [1.54, 1.807) is 24.3 Å². The average Bonchev–Trinajstić information content (AvgIpc) is 3.25. The van der Waals surface area contributed by atoms with Crippen molar-refractivity contribution in [3.63, 3.8) is 0 Å². The molecule has 4 rings (SSSR count). The maximum Gasteiger partial charge on any atom is 0.342 e. The zero-order chi connectivity index (χ0) is 20.2. The van der Waals surface area contributed by atoms with E-state index >= 15 is 0 Å². The van der Waals surface area contributed by atoms with Crippen molar-refractivity contribution in [3.05, 3.63) is 53.7 Å². The molecule has 2 aromatic carbocycles. The smallest absolute Gasteiger partial charge is 0.342 e. The van der Waals surface area contributed by atoms with Crippen LogP contribution in [0.2, 0.25) is 0 Å². The van der Waals surface area contributed by atoms with E-state index < -0.39 is 5.97 Å². The van der Waals surface area contributed by atoms with Crippen LogP contribution in [0.1, 0.15) is 16.1 Å². The molecule has 0 atom stereocenters. The topological polar surface area (TPSA) is 89.3 Å². The van der Waals surface area contributed by atoms with Gasteiger partial charge in [-0.2, -0.15) is 0 Å². The lowest BCUT2D eigenvalue weighted by Gasteiger charge is -2.18. The van der Waals surface area contributed by atoms with Crippen LogP contribution in [0, 0.1) is 0 Å². The summed E-state index contributed by atoms with van der Waals surface area (Å²) >= 11 is 0. The van der Waals surface area contributed by atoms with Gasteiger partial charge >= 0.3 is 5.97 Å².